The average Bonchev–Trinajstić information content (AvgIpc) is 2.35. The highest BCUT2D eigenvalue weighted by Gasteiger charge is 2.17. The third-order valence-corrected chi connectivity index (χ3v) is 3.10. The van der Waals surface area contributed by atoms with Crippen LogP contribution in [-0.4, -0.2) is 29.9 Å². The summed E-state index contributed by atoms with van der Waals surface area (Å²) in [6.07, 6.45) is 0. The van der Waals surface area contributed by atoms with Gasteiger partial charge in [0, 0.05) is 24.5 Å². The van der Waals surface area contributed by atoms with Crippen molar-refractivity contribution in [3.63, 3.8) is 0 Å². The molecule has 1 atom stereocenters. The maximum atomic E-state index is 12.1. The molecule has 0 bridgehead atoms. The van der Waals surface area contributed by atoms with Crippen LogP contribution < -0.4 is 11.1 Å². The Labute approximate surface area is 109 Å². The molecule has 1 amide bonds. The van der Waals surface area contributed by atoms with Gasteiger partial charge in [0.1, 0.15) is 6.04 Å². The molecule has 0 aromatic heterocycles. The molecule has 0 heterocycles. The van der Waals surface area contributed by atoms with Gasteiger partial charge >= 0.3 is 0 Å². The lowest BCUT2D eigenvalue weighted by atomic mass is 10.1. The lowest BCUT2D eigenvalue weighted by molar-refractivity contribution is -0.131. The Hall–Kier alpha value is -1.71. The number of carbonyl (C=O) groups excluding carboxylic acids is 1. The lowest BCUT2D eigenvalue weighted by Crippen LogP contribution is -2.41. The van der Waals surface area contributed by atoms with Gasteiger partial charge in [-0.15, -0.1) is 0 Å². The van der Waals surface area contributed by atoms with Gasteiger partial charge in [-0.3, -0.25) is 4.79 Å². The standard InChI is InChI=1S/C14H23N3O/c1-5-17(6-2)14(18)11(4)16-12-7-8-13(15)10(3)9-12/h7-9,11,16H,5-6,15H2,1-4H3. The van der Waals surface area contributed by atoms with Crippen molar-refractivity contribution in [3.8, 4) is 0 Å². The summed E-state index contributed by atoms with van der Waals surface area (Å²) in [6, 6.07) is 5.48. The molecule has 0 aliphatic carbocycles. The maximum Gasteiger partial charge on any atom is 0.244 e. The van der Waals surface area contributed by atoms with Crippen LogP contribution in [-0.2, 0) is 4.79 Å². The van der Waals surface area contributed by atoms with Gasteiger partial charge in [0.15, 0.2) is 0 Å². The van der Waals surface area contributed by atoms with Gasteiger partial charge in [-0.1, -0.05) is 0 Å². The van der Waals surface area contributed by atoms with E-state index in [4.69, 9.17) is 5.73 Å². The largest absolute Gasteiger partial charge is 0.399 e. The van der Waals surface area contributed by atoms with E-state index < -0.39 is 0 Å². The summed E-state index contributed by atoms with van der Waals surface area (Å²) in [5.74, 6) is 0.120. The van der Waals surface area contributed by atoms with Crippen LogP contribution in [0.2, 0.25) is 0 Å². The Morgan fingerprint density at radius 2 is 2.00 bits per heavy atom. The summed E-state index contributed by atoms with van der Waals surface area (Å²) in [6.45, 7) is 9.29. The van der Waals surface area contributed by atoms with Gasteiger partial charge in [0.05, 0.1) is 0 Å². The summed E-state index contributed by atoms with van der Waals surface area (Å²) in [5.41, 5.74) is 8.48. The Morgan fingerprint density at radius 3 is 2.50 bits per heavy atom. The zero-order valence-corrected chi connectivity index (χ0v) is 11.7. The number of anilines is 2. The molecule has 1 rings (SSSR count). The van der Waals surface area contributed by atoms with Crippen LogP contribution in [0.1, 0.15) is 26.3 Å². The van der Waals surface area contributed by atoms with Crippen LogP contribution in [0.3, 0.4) is 0 Å². The van der Waals surface area contributed by atoms with Crippen molar-refractivity contribution < 1.29 is 4.79 Å². The zero-order valence-electron chi connectivity index (χ0n) is 11.7. The first-order valence-corrected chi connectivity index (χ1v) is 6.41. The van der Waals surface area contributed by atoms with Crippen molar-refractivity contribution in [2.45, 2.75) is 33.7 Å². The molecule has 0 saturated carbocycles. The fourth-order valence-electron chi connectivity index (χ4n) is 1.89. The first-order chi connectivity index (χ1) is 8.49. The Bertz CT molecular complexity index is 414. The maximum absolute atomic E-state index is 12.1. The Morgan fingerprint density at radius 1 is 1.39 bits per heavy atom. The zero-order chi connectivity index (χ0) is 13.7. The molecule has 4 heteroatoms. The van der Waals surface area contributed by atoms with Gasteiger partial charge in [-0.25, -0.2) is 0 Å². The highest BCUT2D eigenvalue weighted by Crippen LogP contribution is 2.17. The van der Waals surface area contributed by atoms with Gasteiger partial charge in [0.25, 0.3) is 0 Å². The molecule has 0 radical (unpaired) electrons. The SMILES string of the molecule is CCN(CC)C(=O)C(C)Nc1ccc(N)c(C)c1. The predicted molar refractivity (Wildman–Crippen MR) is 76.6 cm³/mol. The molecule has 1 aromatic carbocycles. The van der Waals surface area contributed by atoms with Crippen molar-refractivity contribution in [2.24, 2.45) is 0 Å². The van der Waals surface area contributed by atoms with Crippen molar-refractivity contribution in [3.05, 3.63) is 23.8 Å². The highest BCUT2D eigenvalue weighted by molar-refractivity contribution is 5.84. The third-order valence-electron chi connectivity index (χ3n) is 3.10. The molecule has 0 saturated heterocycles. The number of benzene rings is 1. The van der Waals surface area contributed by atoms with Crippen LogP contribution in [0.25, 0.3) is 0 Å². The van der Waals surface area contributed by atoms with E-state index in [1.54, 1.807) is 0 Å². The van der Waals surface area contributed by atoms with Gasteiger partial charge in [0.2, 0.25) is 5.91 Å². The number of rotatable bonds is 5. The summed E-state index contributed by atoms with van der Waals surface area (Å²) in [7, 11) is 0. The second kappa shape index (κ2) is 6.28. The summed E-state index contributed by atoms with van der Waals surface area (Å²) >= 11 is 0. The minimum absolute atomic E-state index is 0.120. The topological polar surface area (TPSA) is 58.4 Å². The number of carbonyl (C=O) groups is 1. The normalized spacial score (nSPS) is 12.0. The molecular weight excluding hydrogens is 226 g/mol. The molecule has 18 heavy (non-hydrogen) atoms. The molecule has 0 spiro atoms. The highest BCUT2D eigenvalue weighted by atomic mass is 16.2. The number of nitrogens with two attached hydrogens (primary N) is 1. The first kappa shape index (κ1) is 14.4. The molecule has 3 N–H and O–H groups in total. The fourth-order valence-corrected chi connectivity index (χ4v) is 1.89. The number of nitrogens with zero attached hydrogens (tertiary/aromatic N) is 1. The van der Waals surface area contributed by atoms with Gasteiger partial charge < -0.3 is 16.0 Å². The van der Waals surface area contributed by atoms with E-state index in [1.807, 2.05) is 50.8 Å². The van der Waals surface area contributed by atoms with Crippen LogP contribution >= 0.6 is 0 Å². The fraction of sp³-hybridized carbons (Fsp3) is 0.500. The molecular formula is C14H23N3O. The molecule has 0 fully saturated rings. The number of hydrogen-bond acceptors (Lipinski definition) is 3. The third kappa shape index (κ3) is 3.39. The van der Waals surface area contributed by atoms with Gasteiger partial charge in [-0.05, 0) is 51.5 Å². The van der Waals surface area contributed by atoms with Crippen molar-refractivity contribution >= 4 is 17.3 Å². The number of nitrogens with one attached hydrogen (secondary N) is 1. The van der Waals surface area contributed by atoms with Crippen molar-refractivity contribution in [2.75, 3.05) is 24.1 Å². The van der Waals surface area contributed by atoms with Crippen LogP contribution in [0.15, 0.2) is 18.2 Å². The quantitative estimate of drug-likeness (QED) is 0.787. The van der Waals surface area contributed by atoms with E-state index in [1.165, 1.54) is 0 Å². The van der Waals surface area contributed by atoms with Crippen LogP contribution in [0, 0.1) is 6.92 Å². The number of likely N-dealkylation sites (N-methyl/N-ethyl adjacent to an activating group) is 1. The summed E-state index contributed by atoms with van der Waals surface area (Å²) in [4.78, 5) is 13.9. The minimum atomic E-state index is -0.229. The molecule has 4 nitrogen and oxygen atoms in total. The predicted octanol–water partition coefficient (Wildman–Crippen LogP) is 2.25. The molecule has 1 unspecified atom stereocenters. The van der Waals surface area contributed by atoms with Crippen molar-refractivity contribution in [1.82, 2.24) is 4.90 Å². The Kier molecular flexibility index (Phi) is 5.01. The smallest absolute Gasteiger partial charge is 0.244 e. The second-order valence-corrected chi connectivity index (χ2v) is 4.45. The number of hydrogen-bond donors (Lipinski definition) is 2. The van der Waals surface area contributed by atoms with E-state index in [0.717, 1.165) is 30.0 Å². The number of amides is 1. The second-order valence-electron chi connectivity index (χ2n) is 4.45. The van der Waals surface area contributed by atoms with E-state index >= 15 is 0 Å². The van der Waals surface area contributed by atoms with E-state index in [2.05, 4.69) is 5.32 Å². The molecule has 0 aliphatic rings. The first-order valence-electron chi connectivity index (χ1n) is 6.41. The van der Waals surface area contributed by atoms with Crippen molar-refractivity contribution in [1.29, 1.82) is 0 Å². The Balaban J connectivity index is 2.71. The van der Waals surface area contributed by atoms with Crippen LogP contribution in [0.4, 0.5) is 11.4 Å². The van der Waals surface area contributed by atoms with E-state index in [-0.39, 0.29) is 11.9 Å². The summed E-state index contributed by atoms with van der Waals surface area (Å²) < 4.78 is 0. The number of nitrogen functional groups attached to an aromatic ring is 1. The van der Waals surface area contributed by atoms with Gasteiger partial charge in [-0.2, -0.15) is 0 Å². The lowest BCUT2D eigenvalue weighted by Gasteiger charge is -2.24. The van der Waals surface area contributed by atoms with E-state index in [0.29, 0.717) is 0 Å². The molecule has 0 aliphatic heterocycles. The minimum Gasteiger partial charge on any atom is -0.399 e. The average molecular weight is 249 g/mol. The molecule has 1 aromatic rings. The summed E-state index contributed by atoms with van der Waals surface area (Å²) in [5, 5.41) is 3.21. The van der Waals surface area contributed by atoms with E-state index in [9.17, 15) is 4.79 Å². The molecule has 100 valence electrons. The number of aryl methyl sites for hydroxylation is 1. The van der Waals surface area contributed by atoms with Crippen LogP contribution in [0.5, 0.6) is 0 Å². The monoisotopic (exact) mass is 249 g/mol.